The maximum atomic E-state index is 11.9. The van der Waals surface area contributed by atoms with Crippen LogP contribution >= 0.6 is 15.9 Å². The second-order valence-electron chi connectivity index (χ2n) is 4.42. The highest BCUT2D eigenvalue weighted by Gasteiger charge is 2.17. The number of phenols is 1. The minimum Gasteiger partial charge on any atom is -0.504 e. The number of nitriles is 1. The first-order valence-corrected chi connectivity index (χ1v) is 7.07. The summed E-state index contributed by atoms with van der Waals surface area (Å²) in [7, 11) is 0. The van der Waals surface area contributed by atoms with Gasteiger partial charge in [-0.15, -0.1) is 0 Å². The van der Waals surface area contributed by atoms with Gasteiger partial charge >= 0.3 is 0 Å². The predicted molar refractivity (Wildman–Crippen MR) is 82.5 cm³/mol. The third-order valence-electron chi connectivity index (χ3n) is 2.91. The standard InChI is InChI=1S/C15H13BrN2O3/c1-3-21-13-6-9(16)5-11(14(13)19)10-4-8(2)18-15(20)12(10)7-17/h4-6,19H,3H2,1-2H3,(H,18,20). The zero-order chi connectivity index (χ0) is 15.6. The normalized spacial score (nSPS) is 10.2. The van der Waals surface area contributed by atoms with Crippen molar-refractivity contribution in [1.82, 2.24) is 4.98 Å². The number of halogens is 1. The number of nitrogens with one attached hydrogen (secondary N) is 1. The monoisotopic (exact) mass is 348 g/mol. The molecule has 2 rings (SSSR count). The number of hydrogen-bond donors (Lipinski definition) is 2. The van der Waals surface area contributed by atoms with E-state index in [0.717, 1.165) is 0 Å². The van der Waals surface area contributed by atoms with Crippen LogP contribution in [0.4, 0.5) is 0 Å². The Balaban J connectivity index is 2.79. The molecule has 0 aliphatic heterocycles. The van der Waals surface area contributed by atoms with Gasteiger partial charge in [-0.05, 0) is 32.0 Å². The van der Waals surface area contributed by atoms with Gasteiger partial charge in [0.1, 0.15) is 11.6 Å². The molecule has 1 aromatic carbocycles. The first-order chi connectivity index (χ1) is 9.97. The molecule has 2 aromatic rings. The van der Waals surface area contributed by atoms with Crippen LogP contribution in [0.2, 0.25) is 0 Å². The smallest absolute Gasteiger partial charge is 0.266 e. The van der Waals surface area contributed by atoms with Crippen molar-refractivity contribution in [2.45, 2.75) is 13.8 Å². The lowest BCUT2D eigenvalue weighted by molar-refractivity contribution is 0.318. The first-order valence-electron chi connectivity index (χ1n) is 6.27. The fourth-order valence-corrected chi connectivity index (χ4v) is 2.49. The van der Waals surface area contributed by atoms with Crippen molar-refractivity contribution in [3.05, 3.63) is 44.3 Å². The molecule has 108 valence electrons. The third-order valence-corrected chi connectivity index (χ3v) is 3.37. The van der Waals surface area contributed by atoms with Gasteiger partial charge in [0.15, 0.2) is 11.5 Å². The minimum atomic E-state index is -0.482. The van der Waals surface area contributed by atoms with E-state index in [2.05, 4.69) is 20.9 Å². The van der Waals surface area contributed by atoms with Crippen LogP contribution in [0.15, 0.2) is 27.5 Å². The Bertz CT molecular complexity index is 791. The van der Waals surface area contributed by atoms with Gasteiger partial charge < -0.3 is 14.8 Å². The topological polar surface area (TPSA) is 86.1 Å². The summed E-state index contributed by atoms with van der Waals surface area (Å²) in [5.74, 6) is 0.199. The van der Waals surface area contributed by atoms with Gasteiger partial charge in [0, 0.05) is 21.3 Å². The number of aromatic hydroxyl groups is 1. The second kappa shape index (κ2) is 6.02. The molecule has 1 heterocycles. The minimum absolute atomic E-state index is 0.0450. The van der Waals surface area contributed by atoms with Gasteiger partial charge in [0.05, 0.1) is 6.61 Å². The Kier molecular flexibility index (Phi) is 4.34. The summed E-state index contributed by atoms with van der Waals surface area (Å²) in [4.78, 5) is 14.4. The lowest BCUT2D eigenvalue weighted by Crippen LogP contribution is -2.12. The van der Waals surface area contributed by atoms with Crippen LogP contribution in [0.3, 0.4) is 0 Å². The van der Waals surface area contributed by atoms with E-state index in [9.17, 15) is 15.2 Å². The lowest BCUT2D eigenvalue weighted by atomic mass is 10.00. The number of H-pyrrole nitrogens is 1. The van der Waals surface area contributed by atoms with Crippen LogP contribution in [0.25, 0.3) is 11.1 Å². The maximum Gasteiger partial charge on any atom is 0.266 e. The molecule has 0 fully saturated rings. The highest BCUT2D eigenvalue weighted by Crippen LogP contribution is 2.40. The van der Waals surface area contributed by atoms with E-state index in [4.69, 9.17) is 4.74 Å². The largest absolute Gasteiger partial charge is 0.504 e. The van der Waals surface area contributed by atoms with Crippen molar-refractivity contribution in [3.8, 4) is 28.7 Å². The van der Waals surface area contributed by atoms with Gasteiger partial charge in [-0.2, -0.15) is 5.26 Å². The molecule has 0 unspecified atom stereocenters. The summed E-state index contributed by atoms with van der Waals surface area (Å²) >= 11 is 3.34. The molecular weight excluding hydrogens is 336 g/mol. The van der Waals surface area contributed by atoms with E-state index in [-0.39, 0.29) is 11.3 Å². The Morgan fingerprint density at radius 2 is 2.10 bits per heavy atom. The summed E-state index contributed by atoms with van der Waals surface area (Å²) in [5.41, 5.74) is 0.824. The molecule has 0 saturated heterocycles. The van der Waals surface area contributed by atoms with Crippen molar-refractivity contribution >= 4 is 15.9 Å². The molecule has 1 aromatic heterocycles. The van der Waals surface area contributed by atoms with Crippen LogP contribution < -0.4 is 10.3 Å². The molecule has 6 heteroatoms. The zero-order valence-electron chi connectivity index (χ0n) is 11.5. The van der Waals surface area contributed by atoms with Gasteiger partial charge in [0.25, 0.3) is 5.56 Å². The van der Waals surface area contributed by atoms with Crippen LogP contribution in [-0.4, -0.2) is 16.7 Å². The average Bonchev–Trinajstić information content (AvgIpc) is 2.42. The quantitative estimate of drug-likeness (QED) is 0.892. The van der Waals surface area contributed by atoms with Crippen molar-refractivity contribution in [2.24, 2.45) is 0 Å². The SMILES string of the molecule is CCOc1cc(Br)cc(-c2cc(C)[nH]c(=O)c2C#N)c1O. The number of aromatic nitrogens is 1. The van der Waals surface area contributed by atoms with E-state index in [1.165, 1.54) is 0 Å². The fourth-order valence-electron chi connectivity index (χ4n) is 2.06. The van der Waals surface area contributed by atoms with Crippen LogP contribution in [0.1, 0.15) is 18.2 Å². The number of pyridine rings is 1. The summed E-state index contributed by atoms with van der Waals surface area (Å²) in [5, 5.41) is 19.5. The molecule has 21 heavy (non-hydrogen) atoms. The summed E-state index contributed by atoms with van der Waals surface area (Å²) < 4.78 is 6.05. The third kappa shape index (κ3) is 2.93. The second-order valence-corrected chi connectivity index (χ2v) is 5.33. The van der Waals surface area contributed by atoms with E-state index in [1.54, 1.807) is 32.0 Å². The number of phenolic OH excluding ortho intramolecular Hbond substituents is 1. The number of rotatable bonds is 3. The molecule has 0 aliphatic rings. The van der Waals surface area contributed by atoms with E-state index >= 15 is 0 Å². The van der Waals surface area contributed by atoms with Gasteiger partial charge in [-0.3, -0.25) is 4.79 Å². The molecule has 0 aliphatic carbocycles. The first kappa shape index (κ1) is 15.1. The molecule has 0 atom stereocenters. The maximum absolute atomic E-state index is 11.9. The molecular formula is C15H13BrN2O3. The highest BCUT2D eigenvalue weighted by molar-refractivity contribution is 9.10. The summed E-state index contributed by atoms with van der Waals surface area (Å²) in [6.07, 6.45) is 0. The molecule has 0 saturated carbocycles. The predicted octanol–water partition coefficient (Wildman–Crippen LogP) is 3.09. The number of benzene rings is 1. The van der Waals surface area contributed by atoms with Crippen molar-refractivity contribution < 1.29 is 9.84 Å². The Morgan fingerprint density at radius 1 is 1.38 bits per heavy atom. The Hall–Kier alpha value is -2.26. The number of aryl methyl sites for hydroxylation is 1. The number of hydrogen-bond acceptors (Lipinski definition) is 4. The van der Waals surface area contributed by atoms with E-state index in [0.29, 0.717) is 33.6 Å². The molecule has 2 N–H and O–H groups in total. The summed E-state index contributed by atoms with van der Waals surface area (Å²) in [6.45, 7) is 3.91. The van der Waals surface area contributed by atoms with E-state index < -0.39 is 5.56 Å². The molecule has 0 spiro atoms. The summed E-state index contributed by atoms with van der Waals surface area (Å²) in [6, 6.07) is 6.81. The Labute approximate surface area is 129 Å². The molecule has 0 radical (unpaired) electrons. The van der Waals surface area contributed by atoms with Gasteiger partial charge in [-0.1, -0.05) is 15.9 Å². The van der Waals surface area contributed by atoms with Gasteiger partial charge in [0.2, 0.25) is 0 Å². The van der Waals surface area contributed by atoms with E-state index in [1.807, 2.05) is 6.07 Å². The lowest BCUT2D eigenvalue weighted by Gasteiger charge is -2.12. The fraction of sp³-hybridized carbons (Fsp3) is 0.200. The number of ether oxygens (including phenoxy) is 1. The number of aromatic amines is 1. The number of nitrogens with zero attached hydrogens (tertiary/aromatic N) is 1. The van der Waals surface area contributed by atoms with Gasteiger partial charge in [-0.25, -0.2) is 0 Å². The highest BCUT2D eigenvalue weighted by atomic mass is 79.9. The molecule has 5 nitrogen and oxygen atoms in total. The zero-order valence-corrected chi connectivity index (χ0v) is 13.1. The van der Waals surface area contributed by atoms with Crippen molar-refractivity contribution in [2.75, 3.05) is 6.61 Å². The van der Waals surface area contributed by atoms with Crippen molar-refractivity contribution in [3.63, 3.8) is 0 Å². The molecule has 0 bridgehead atoms. The van der Waals surface area contributed by atoms with Crippen LogP contribution in [0.5, 0.6) is 11.5 Å². The van der Waals surface area contributed by atoms with Crippen LogP contribution in [-0.2, 0) is 0 Å². The molecule has 0 amide bonds. The van der Waals surface area contributed by atoms with Crippen LogP contribution in [0, 0.1) is 18.3 Å². The Morgan fingerprint density at radius 3 is 2.71 bits per heavy atom. The average molecular weight is 349 g/mol. The van der Waals surface area contributed by atoms with Crippen molar-refractivity contribution in [1.29, 1.82) is 5.26 Å².